The van der Waals surface area contributed by atoms with Crippen LogP contribution in [0.5, 0.6) is 0 Å². The van der Waals surface area contributed by atoms with E-state index in [1.807, 2.05) is 0 Å². The maximum absolute atomic E-state index is 13.3. The third-order valence-corrected chi connectivity index (χ3v) is 8.58. The number of hydrogen-bond acceptors (Lipinski definition) is 12. The number of rotatable bonds is 10. The fraction of sp³-hybridized carbons (Fsp3) is 0.417. The van der Waals surface area contributed by atoms with Gasteiger partial charge < -0.3 is 24.9 Å². The fourth-order valence-corrected chi connectivity index (χ4v) is 6.76. The lowest BCUT2D eigenvalue weighted by molar-refractivity contribution is -0.151. The first-order valence-corrected chi connectivity index (χ1v) is 15.9. The van der Waals surface area contributed by atoms with Crippen LogP contribution in [-0.2, 0) is 35.0 Å². The number of benzene rings is 1. The molecule has 4 N–H and O–H groups in total. The Labute approximate surface area is 248 Å². The van der Waals surface area contributed by atoms with E-state index in [0.29, 0.717) is 11.1 Å². The lowest BCUT2D eigenvalue weighted by Crippen LogP contribution is -2.71. The van der Waals surface area contributed by atoms with Gasteiger partial charge in [0.2, 0.25) is 11.8 Å². The number of nitrogens with one attached hydrogen (secondary N) is 2. The summed E-state index contributed by atoms with van der Waals surface area (Å²) in [4.78, 5) is 52.2. The molecule has 3 atom stereocenters. The van der Waals surface area contributed by atoms with Crippen molar-refractivity contribution in [1.82, 2.24) is 25.7 Å². The lowest BCUT2D eigenvalue weighted by Gasteiger charge is -2.49. The molecular formula is C24H27N5O10S3. The molecule has 1 fully saturated rings. The monoisotopic (exact) mass is 641 g/mol. The number of carbonyl (C=O) groups excluding carboxylic acids is 3. The van der Waals surface area contributed by atoms with Gasteiger partial charge in [-0.15, -0.1) is 22.0 Å². The predicted molar refractivity (Wildman–Crippen MR) is 149 cm³/mol. The summed E-state index contributed by atoms with van der Waals surface area (Å²) < 4.78 is 41.3. The van der Waals surface area contributed by atoms with Crippen molar-refractivity contribution in [2.24, 2.45) is 0 Å². The summed E-state index contributed by atoms with van der Waals surface area (Å²) in [6.07, 6.45) is -0.829. The SMILES string of the molecule is CC(C)(C)OC(=O)NC(C(=O)NC1C(=O)N2C(C(=O)O)=C(CSc3nnc(CS(=O)(=O)O)o3)CS[C@@H]12)c1ccccc1. The Balaban J connectivity index is 1.46. The molecule has 0 saturated carbocycles. The second kappa shape index (κ2) is 12.3. The van der Waals surface area contributed by atoms with Crippen molar-refractivity contribution >= 4 is 57.5 Å². The maximum Gasteiger partial charge on any atom is 0.408 e. The van der Waals surface area contributed by atoms with E-state index in [-0.39, 0.29) is 28.3 Å². The number of aromatic nitrogens is 2. The van der Waals surface area contributed by atoms with Crippen molar-refractivity contribution in [2.75, 3.05) is 11.5 Å². The predicted octanol–water partition coefficient (Wildman–Crippen LogP) is 1.55. The topological polar surface area (TPSA) is 218 Å². The molecule has 18 heteroatoms. The van der Waals surface area contributed by atoms with Gasteiger partial charge in [-0.05, 0) is 31.9 Å². The summed E-state index contributed by atoms with van der Waals surface area (Å²) >= 11 is 2.17. The van der Waals surface area contributed by atoms with E-state index in [4.69, 9.17) is 13.7 Å². The van der Waals surface area contributed by atoms with Gasteiger partial charge in [-0.1, -0.05) is 42.1 Å². The number of hydrogen-bond donors (Lipinski definition) is 4. The standard InChI is InChI=1S/C24H27N5O10S3/c1-24(2,3)39-22(34)26-15(12-7-5-4-6-8-12)18(30)25-16-19(31)29-17(21(32)33)13(9-40-20(16)29)10-41-23-28-27-14(38-23)11-42(35,36)37/h4-8,15-16,20H,9-11H2,1-3H3,(H,25,30)(H,26,34)(H,32,33)(H,35,36,37)/t15?,16?,20-/m0/s1. The minimum absolute atomic E-state index is 0.0333. The minimum atomic E-state index is -4.38. The van der Waals surface area contributed by atoms with Gasteiger partial charge in [0.1, 0.15) is 28.8 Å². The number of nitrogens with zero attached hydrogens (tertiary/aromatic N) is 3. The summed E-state index contributed by atoms with van der Waals surface area (Å²) in [5.74, 6) is -3.64. The summed E-state index contributed by atoms with van der Waals surface area (Å²) in [6.45, 7) is 5.03. The Morgan fingerprint density at radius 2 is 1.93 bits per heavy atom. The van der Waals surface area contributed by atoms with Crippen molar-refractivity contribution in [1.29, 1.82) is 0 Å². The van der Waals surface area contributed by atoms with Crippen LogP contribution in [-0.4, -0.2) is 85.6 Å². The van der Waals surface area contributed by atoms with Crippen LogP contribution < -0.4 is 10.6 Å². The Hall–Kier alpha value is -3.61. The molecular weight excluding hydrogens is 614 g/mol. The molecule has 42 heavy (non-hydrogen) atoms. The van der Waals surface area contributed by atoms with Crippen molar-refractivity contribution in [3.8, 4) is 0 Å². The molecule has 0 aliphatic carbocycles. The van der Waals surface area contributed by atoms with Crippen LogP contribution in [0.2, 0.25) is 0 Å². The molecule has 15 nitrogen and oxygen atoms in total. The Morgan fingerprint density at radius 1 is 1.24 bits per heavy atom. The third kappa shape index (κ3) is 7.61. The molecule has 2 aromatic rings. The molecule has 4 rings (SSSR count). The smallest absolute Gasteiger partial charge is 0.408 e. The summed E-state index contributed by atoms with van der Waals surface area (Å²) in [5, 5.41) is 21.5. The van der Waals surface area contributed by atoms with Crippen LogP contribution in [0.4, 0.5) is 4.79 Å². The largest absolute Gasteiger partial charge is 0.477 e. The fourth-order valence-electron chi connectivity index (χ4n) is 4.06. The van der Waals surface area contributed by atoms with Gasteiger partial charge in [-0.3, -0.25) is 19.0 Å². The van der Waals surface area contributed by atoms with Crippen LogP contribution in [0.1, 0.15) is 38.3 Å². The number of β-lactam (4-membered cyclic amide) rings is 1. The van der Waals surface area contributed by atoms with Crippen molar-refractivity contribution < 1.29 is 46.4 Å². The van der Waals surface area contributed by atoms with Gasteiger partial charge in [0.15, 0.2) is 5.75 Å². The molecule has 2 aliphatic heterocycles. The number of carbonyl (C=O) groups is 4. The van der Waals surface area contributed by atoms with Crippen molar-refractivity contribution in [2.45, 2.75) is 54.8 Å². The average Bonchev–Trinajstić information content (AvgIpc) is 3.33. The number of carboxylic acids is 1. The van der Waals surface area contributed by atoms with Gasteiger partial charge in [0, 0.05) is 11.5 Å². The van der Waals surface area contributed by atoms with Crippen molar-refractivity contribution in [3.63, 3.8) is 0 Å². The zero-order valence-electron chi connectivity index (χ0n) is 22.5. The van der Waals surface area contributed by atoms with E-state index in [9.17, 15) is 32.7 Å². The molecule has 1 aromatic carbocycles. The first-order chi connectivity index (χ1) is 19.6. The first-order valence-electron chi connectivity index (χ1n) is 12.3. The van der Waals surface area contributed by atoms with Gasteiger partial charge >= 0.3 is 12.1 Å². The van der Waals surface area contributed by atoms with Crippen LogP contribution in [0.3, 0.4) is 0 Å². The summed E-state index contributed by atoms with van der Waals surface area (Å²) in [7, 11) is -4.38. The second-order valence-electron chi connectivity index (χ2n) is 10.1. The van der Waals surface area contributed by atoms with E-state index < -0.39 is 62.8 Å². The molecule has 1 saturated heterocycles. The molecule has 3 heterocycles. The van der Waals surface area contributed by atoms with E-state index in [0.717, 1.165) is 16.7 Å². The number of amides is 3. The zero-order valence-corrected chi connectivity index (χ0v) is 24.9. The highest BCUT2D eigenvalue weighted by Gasteiger charge is 2.54. The third-order valence-electron chi connectivity index (χ3n) is 5.73. The molecule has 2 aliphatic rings. The summed E-state index contributed by atoms with van der Waals surface area (Å²) in [6, 6.07) is 6.16. The number of fused-ring (bicyclic) bond motifs is 1. The Morgan fingerprint density at radius 3 is 2.55 bits per heavy atom. The van der Waals surface area contributed by atoms with Crippen LogP contribution in [0.15, 0.2) is 51.2 Å². The van der Waals surface area contributed by atoms with Crippen LogP contribution in [0, 0.1) is 0 Å². The first kappa shape index (κ1) is 31.3. The normalized spacial score (nSPS) is 19.4. The Kier molecular flexibility index (Phi) is 9.19. The van der Waals surface area contributed by atoms with E-state index in [1.54, 1.807) is 51.1 Å². The molecule has 0 radical (unpaired) electrons. The van der Waals surface area contributed by atoms with Gasteiger partial charge in [-0.2, -0.15) is 8.42 Å². The number of thioether (sulfide) groups is 2. The number of aliphatic carboxylic acids is 1. The number of carboxylic acid groups (broad SMARTS) is 1. The van der Waals surface area contributed by atoms with Gasteiger partial charge in [-0.25, -0.2) is 9.59 Å². The van der Waals surface area contributed by atoms with Crippen LogP contribution in [0.25, 0.3) is 0 Å². The molecule has 0 spiro atoms. The van der Waals surface area contributed by atoms with Crippen LogP contribution >= 0.6 is 23.5 Å². The zero-order chi connectivity index (χ0) is 30.8. The van der Waals surface area contributed by atoms with E-state index in [1.165, 1.54) is 11.8 Å². The average molecular weight is 642 g/mol. The molecule has 1 aromatic heterocycles. The second-order valence-corrected chi connectivity index (χ2v) is 13.6. The summed E-state index contributed by atoms with van der Waals surface area (Å²) in [5.41, 5.74) is -0.236. The highest BCUT2D eigenvalue weighted by molar-refractivity contribution is 8.01. The quantitative estimate of drug-likeness (QED) is 0.164. The maximum atomic E-state index is 13.3. The number of alkyl carbamates (subject to hydrolysis) is 1. The lowest BCUT2D eigenvalue weighted by atomic mass is 10.0. The molecule has 3 amide bonds. The molecule has 2 unspecified atom stereocenters. The highest BCUT2D eigenvalue weighted by atomic mass is 32.2. The molecule has 0 bridgehead atoms. The molecule has 226 valence electrons. The Bertz CT molecular complexity index is 1520. The van der Waals surface area contributed by atoms with Gasteiger partial charge in [0.25, 0.3) is 21.2 Å². The van der Waals surface area contributed by atoms with Crippen molar-refractivity contribution in [3.05, 3.63) is 53.1 Å². The number of ether oxygens (including phenoxy) is 1. The highest BCUT2D eigenvalue weighted by Crippen LogP contribution is 2.41. The minimum Gasteiger partial charge on any atom is -0.477 e. The van der Waals surface area contributed by atoms with E-state index >= 15 is 0 Å². The van der Waals surface area contributed by atoms with E-state index in [2.05, 4.69) is 20.8 Å². The van der Waals surface area contributed by atoms with Gasteiger partial charge in [0.05, 0.1) is 0 Å².